The number of hydrogen-bond acceptors (Lipinski definition) is 3. The molecule has 3 N–H and O–H groups in total. The lowest BCUT2D eigenvalue weighted by Gasteiger charge is -2.25. The van der Waals surface area contributed by atoms with E-state index in [0.717, 1.165) is 6.42 Å². The highest BCUT2D eigenvalue weighted by molar-refractivity contribution is 7.89. The van der Waals surface area contributed by atoms with Crippen molar-refractivity contribution in [1.29, 1.82) is 0 Å². The van der Waals surface area contributed by atoms with Gasteiger partial charge in [0.2, 0.25) is 10.0 Å². The van der Waals surface area contributed by atoms with Crippen LogP contribution in [-0.4, -0.2) is 20.0 Å². The van der Waals surface area contributed by atoms with E-state index in [4.69, 9.17) is 18.0 Å². The van der Waals surface area contributed by atoms with E-state index in [1.165, 1.54) is 19.3 Å². The van der Waals surface area contributed by atoms with Crippen molar-refractivity contribution in [2.75, 3.05) is 6.54 Å². The van der Waals surface area contributed by atoms with E-state index < -0.39 is 10.0 Å². The number of rotatable bonds is 6. The summed E-state index contributed by atoms with van der Waals surface area (Å²) in [4.78, 5) is 0.570. The van der Waals surface area contributed by atoms with Crippen LogP contribution in [0.5, 0.6) is 0 Å². The summed E-state index contributed by atoms with van der Waals surface area (Å²) in [6, 6.07) is 4.92. The third-order valence-electron chi connectivity index (χ3n) is 3.82. The molecule has 0 amide bonds. The highest BCUT2D eigenvalue weighted by Crippen LogP contribution is 2.29. The van der Waals surface area contributed by atoms with Gasteiger partial charge in [-0.1, -0.05) is 37.5 Å². The summed E-state index contributed by atoms with van der Waals surface area (Å²) in [5, 5.41) is 0. The van der Waals surface area contributed by atoms with Gasteiger partial charge in [-0.25, -0.2) is 13.1 Å². The molecular formula is C14H20N2O2S2. The van der Waals surface area contributed by atoms with E-state index in [0.29, 0.717) is 28.5 Å². The number of benzene rings is 1. The predicted octanol–water partition coefficient (Wildman–Crippen LogP) is 2.10. The molecule has 1 fully saturated rings. The molecule has 0 saturated heterocycles. The van der Waals surface area contributed by atoms with Crippen molar-refractivity contribution in [3.8, 4) is 0 Å². The summed E-state index contributed by atoms with van der Waals surface area (Å²) >= 11 is 4.89. The van der Waals surface area contributed by atoms with Crippen LogP contribution in [0, 0.1) is 12.8 Å². The standard InChI is InChI=1S/C14H20N2O2S2/c1-10-9-12(14(15)19)5-6-13(10)20(17,18)16-8-7-11-3-2-4-11/h5-6,9,11,16H,2-4,7-8H2,1H3,(H2,15,19). The van der Waals surface area contributed by atoms with Crippen LogP contribution in [0.1, 0.15) is 36.8 Å². The number of hydrogen-bond donors (Lipinski definition) is 2. The SMILES string of the molecule is Cc1cc(C(N)=S)ccc1S(=O)(=O)NCCC1CCC1. The summed E-state index contributed by atoms with van der Waals surface area (Å²) in [6.45, 7) is 2.26. The molecule has 0 heterocycles. The highest BCUT2D eigenvalue weighted by atomic mass is 32.2. The fourth-order valence-corrected chi connectivity index (χ4v) is 3.76. The minimum atomic E-state index is -3.45. The van der Waals surface area contributed by atoms with Crippen molar-refractivity contribution in [1.82, 2.24) is 4.72 Å². The maximum Gasteiger partial charge on any atom is 0.240 e. The number of sulfonamides is 1. The van der Waals surface area contributed by atoms with Crippen molar-refractivity contribution in [2.24, 2.45) is 11.7 Å². The third-order valence-corrected chi connectivity index (χ3v) is 5.68. The smallest absolute Gasteiger partial charge is 0.240 e. The fourth-order valence-electron chi connectivity index (χ4n) is 2.36. The first kappa shape index (κ1) is 15.4. The Bertz CT molecular complexity index is 608. The molecule has 0 aromatic heterocycles. The molecule has 0 unspecified atom stereocenters. The maximum atomic E-state index is 12.2. The molecule has 1 aromatic rings. The number of nitrogens with two attached hydrogens (primary N) is 1. The van der Waals surface area contributed by atoms with Gasteiger partial charge in [-0.3, -0.25) is 0 Å². The minimum absolute atomic E-state index is 0.273. The predicted molar refractivity (Wildman–Crippen MR) is 84.2 cm³/mol. The molecule has 6 heteroatoms. The average molecular weight is 312 g/mol. The van der Waals surface area contributed by atoms with Gasteiger partial charge in [-0.05, 0) is 37.0 Å². The summed E-state index contributed by atoms with van der Waals surface area (Å²) in [5.41, 5.74) is 6.89. The lowest BCUT2D eigenvalue weighted by molar-refractivity contribution is 0.297. The molecular weight excluding hydrogens is 292 g/mol. The first-order valence-corrected chi connectivity index (χ1v) is 8.69. The molecule has 0 radical (unpaired) electrons. The van der Waals surface area contributed by atoms with Gasteiger partial charge in [-0.2, -0.15) is 0 Å². The number of aryl methyl sites for hydroxylation is 1. The summed E-state index contributed by atoms with van der Waals surface area (Å²) in [6.07, 6.45) is 4.65. The van der Waals surface area contributed by atoms with Gasteiger partial charge in [0.1, 0.15) is 4.99 Å². The quantitative estimate of drug-likeness (QED) is 0.789. The van der Waals surface area contributed by atoms with Crippen LogP contribution in [0.25, 0.3) is 0 Å². The summed E-state index contributed by atoms with van der Waals surface area (Å²) < 4.78 is 27.2. The van der Waals surface area contributed by atoms with Crippen molar-refractivity contribution in [3.63, 3.8) is 0 Å². The Morgan fingerprint density at radius 3 is 2.65 bits per heavy atom. The molecule has 4 nitrogen and oxygen atoms in total. The Kier molecular flexibility index (Phi) is 4.78. The second-order valence-corrected chi connectivity index (χ2v) is 7.50. The molecule has 0 spiro atoms. The van der Waals surface area contributed by atoms with E-state index >= 15 is 0 Å². The molecule has 110 valence electrons. The van der Waals surface area contributed by atoms with Gasteiger partial charge in [-0.15, -0.1) is 0 Å². The van der Waals surface area contributed by atoms with Crippen LogP contribution >= 0.6 is 12.2 Å². The van der Waals surface area contributed by atoms with Gasteiger partial charge in [0.25, 0.3) is 0 Å². The Morgan fingerprint density at radius 1 is 1.45 bits per heavy atom. The van der Waals surface area contributed by atoms with Crippen LogP contribution in [-0.2, 0) is 10.0 Å². The van der Waals surface area contributed by atoms with Crippen molar-refractivity contribution in [3.05, 3.63) is 29.3 Å². The van der Waals surface area contributed by atoms with Crippen LogP contribution in [0.3, 0.4) is 0 Å². The largest absolute Gasteiger partial charge is 0.389 e. The molecule has 1 saturated carbocycles. The van der Waals surface area contributed by atoms with Crippen LogP contribution < -0.4 is 10.5 Å². The minimum Gasteiger partial charge on any atom is -0.389 e. The van der Waals surface area contributed by atoms with Crippen LogP contribution in [0.2, 0.25) is 0 Å². The zero-order valence-electron chi connectivity index (χ0n) is 11.6. The first-order chi connectivity index (χ1) is 9.40. The Morgan fingerprint density at radius 2 is 2.15 bits per heavy atom. The zero-order valence-corrected chi connectivity index (χ0v) is 13.2. The topological polar surface area (TPSA) is 72.2 Å². The normalized spacial score (nSPS) is 15.8. The molecule has 1 aromatic carbocycles. The maximum absolute atomic E-state index is 12.2. The number of thiocarbonyl (C=S) groups is 1. The van der Waals surface area contributed by atoms with E-state index in [1.807, 2.05) is 0 Å². The van der Waals surface area contributed by atoms with Crippen molar-refractivity contribution >= 4 is 27.2 Å². The van der Waals surface area contributed by atoms with Crippen LogP contribution in [0.4, 0.5) is 0 Å². The van der Waals surface area contributed by atoms with Gasteiger partial charge in [0, 0.05) is 12.1 Å². The lowest BCUT2D eigenvalue weighted by atomic mass is 9.83. The van der Waals surface area contributed by atoms with Gasteiger partial charge in [0.15, 0.2) is 0 Å². The Labute approximate surface area is 125 Å². The van der Waals surface area contributed by atoms with Gasteiger partial charge >= 0.3 is 0 Å². The van der Waals surface area contributed by atoms with E-state index in [2.05, 4.69) is 4.72 Å². The Hall–Kier alpha value is -0.980. The molecule has 2 rings (SSSR count). The number of nitrogens with one attached hydrogen (secondary N) is 1. The molecule has 0 bridgehead atoms. The van der Waals surface area contributed by atoms with Gasteiger partial charge in [0.05, 0.1) is 4.90 Å². The summed E-state index contributed by atoms with van der Waals surface area (Å²) in [5.74, 6) is 0.691. The second kappa shape index (κ2) is 6.20. The first-order valence-electron chi connectivity index (χ1n) is 6.80. The van der Waals surface area contributed by atoms with E-state index in [9.17, 15) is 8.42 Å². The van der Waals surface area contributed by atoms with Crippen molar-refractivity contribution < 1.29 is 8.42 Å². The highest BCUT2D eigenvalue weighted by Gasteiger charge is 2.20. The van der Waals surface area contributed by atoms with Gasteiger partial charge < -0.3 is 5.73 Å². The average Bonchev–Trinajstić information content (AvgIpc) is 2.31. The lowest BCUT2D eigenvalue weighted by Crippen LogP contribution is -2.28. The van der Waals surface area contributed by atoms with Crippen molar-refractivity contribution in [2.45, 2.75) is 37.5 Å². The molecule has 0 atom stereocenters. The summed E-state index contributed by atoms with van der Waals surface area (Å²) in [7, 11) is -3.45. The molecule has 1 aliphatic rings. The fraction of sp³-hybridized carbons (Fsp3) is 0.500. The Balaban J connectivity index is 2.06. The molecule has 20 heavy (non-hydrogen) atoms. The van der Waals surface area contributed by atoms with E-state index in [1.54, 1.807) is 25.1 Å². The van der Waals surface area contributed by atoms with Crippen LogP contribution in [0.15, 0.2) is 23.1 Å². The molecule has 1 aliphatic carbocycles. The second-order valence-electron chi connectivity index (χ2n) is 5.33. The monoisotopic (exact) mass is 312 g/mol. The van der Waals surface area contributed by atoms with E-state index in [-0.39, 0.29) is 4.99 Å². The molecule has 0 aliphatic heterocycles. The zero-order chi connectivity index (χ0) is 14.8. The third kappa shape index (κ3) is 3.56.